The summed E-state index contributed by atoms with van der Waals surface area (Å²) in [5.74, 6) is -1.10. The molecule has 1 rings (SSSR count). The van der Waals surface area contributed by atoms with Gasteiger partial charge < -0.3 is 4.74 Å². The number of rotatable bonds is 6. The maximum absolute atomic E-state index is 13.4. The largest absolute Gasteiger partial charge is 0.492 e. The Hall–Kier alpha value is -1.65. The average molecular weight is 300 g/mol. The van der Waals surface area contributed by atoms with Gasteiger partial charge in [-0.2, -0.15) is 5.26 Å². The van der Waals surface area contributed by atoms with Crippen LogP contribution >= 0.6 is 0 Å². The molecule has 7 heteroatoms. The molecule has 20 heavy (non-hydrogen) atoms. The molecular formula is C13H17FN2O3S. The Kier molecular flexibility index (Phi) is 5.48. The smallest absolute Gasteiger partial charge is 0.209 e. The normalized spacial score (nSPS) is 13.0. The molecule has 0 aliphatic carbocycles. The van der Waals surface area contributed by atoms with Crippen molar-refractivity contribution in [2.75, 3.05) is 12.4 Å². The van der Waals surface area contributed by atoms with E-state index in [0.29, 0.717) is 0 Å². The third-order valence-electron chi connectivity index (χ3n) is 2.93. The third kappa shape index (κ3) is 4.79. The van der Waals surface area contributed by atoms with E-state index in [9.17, 15) is 12.8 Å². The lowest BCUT2D eigenvalue weighted by molar-refractivity contribution is 0.223. The van der Waals surface area contributed by atoms with Crippen LogP contribution in [0.5, 0.6) is 5.75 Å². The first kappa shape index (κ1) is 16.4. The van der Waals surface area contributed by atoms with E-state index in [1.54, 1.807) is 6.07 Å². The molecule has 2 N–H and O–H groups in total. The maximum atomic E-state index is 13.4. The van der Waals surface area contributed by atoms with Gasteiger partial charge in [0.05, 0.1) is 12.4 Å². The van der Waals surface area contributed by atoms with E-state index in [0.717, 1.165) is 6.07 Å². The lowest BCUT2D eigenvalue weighted by Crippen LogP contribution is -2.30. The molecule has 0 aliphatic heterocycles. The number of sulfonamides is 1. The molecule has 1 unspecified atom stereocenters. The number of benzene rings is 1. The zero-order chi connectivity index (χ0) is 15.3. The molecule has 5 nitrogen and oxygen atoms in total. The number of ether oxygens (including phenoxy) is 1. The van der Waals surface area contributed by atoms with Crippen molar-refractivity contribution >= 4 is 10.0 Å². The fourth-order valence-electron chi connectivity index (χ4n) is 1.66. The summed E-state index contributed by atoms with van der Waals surface area (Å²) in [5, 5.41) is 13.9. The number of halogens is 1. The first-order valence-electron chi connectivity index (χ1n) is 6.06. The fourth-order valence-corrected chi connectivity index (χ4v) is 2.74. The van der Waals surface area contributed by atoms with Gasteiger partial charge in [0.15, 0.2) is 0 Å². The molecule has 1 atom stereocenters. The minimum atomic E-state index is -3.62. The molecule has 0 radical (unpaired) electrons. The molecule has 0 fully saturated rings. The third-order valence-corrected chi connectivity index (χ3v) is 3.82. The Morgan fingerprint density at radius 1 is 1.45 bits per heavy atom. The standard InChI is InChI=1S/C13H17FN2O3S/c1-9(2)10(8-20(16,17)18)7-19-13-5-3-4-12(14)11(13)6-15/h3-5,9-10H,7-8H2,1-2H3,(H2,16,17,18). The molecule has 0 aliphatic rings. The Morgan fingerprint density at radius 2 is 2.10 bits per heavy atom. The predicted octanol–water partition coefficient (Wildman–Crippen LogP) is 1.64. The summed E-state index contributed by atoms with van der Waals surface area (Å²) in [6.07, 6.45) is 0. The number of nitriles is 1. The van der Waals surface area contributed by atoms with Crippen LogP contribution in [0.1, 0.15) is 19.4 Å². The van der Waals surface area contributed by atoms with Gasteiger partial charge in [0.1, 0.15) is 23.2 Å². The summed E-state index contributed by atoms with van der Waals surface area (Å²) in [6, 6.07) is 5.78. The van der Waals surface area contributed by atoms with E-state index in [1.165, 1.54) is 12.1 Å². The highest BCUT2D eigenvalue weighted by molar-refractivity contribution is 7.89. The zero-order valence-corrected chi connectivity index (χ0v) is 12.2. The molecule has 0 amide bonds. The van der Waals surface area contributed by atoms with Gasteiger partial charge in [0, 0.05) is 5.92 Å². The van der Waals surface area contributed by atoms with E-state index >= 15 is 0 Å². The second-order valence-corrected chi connectivity index (χ2v) is 6.53. The number of nitrogens with zero attached hydrogens (tertiary/aromatic N) is 1. The van der Waals surface area contributed by atoms with Crippen molar-refractivity contribution in [2.24, 2.45) is 17.0 Å². The van der Waals surface area contributed by atoms with Crippen LogP contribution in [0.25, 0.3) is 0 Å². The summed E-state index contributed by atoms with van der Waals surface area (Å²) in [6.45, 7) is 3.73. The first-order chi connectivity index (χ1) is 9.24. The average Bonchev–Trinajstić information content (AvgIpc) is 2.32. The van der Waals surface area contributed by atoms with Crippen LogP contribution in [0, 0.1) is 29.0 Å². The van der Waals surface area contributed by atoms with Crippen LogP contribution in [0.2, 0.25) is 0 Å². The van der Waals surface area contributed by atoms with Gasteiger partial charge in [0.2, 0.25) is 10.0 Å². The summed E-state index contributed by atoms with van der Waals surface area (Å²) >= 11 is 0. The van der Waals surface area contributed by atoms with Gasteiger partial charge in [-0.15, -0.1) is 0 Å². The van der Waals surface area contributed by atoms with Gasteiger partial charge in [-0.1, -0.05) is 19.9 Å². The quantitative estimate of drug-likeness (QED) is 0.864. The maximum Gasteiger partial charge on any atom is 0.209 e. The minimum absolute atomic E-state index is 0.0208. The second kappa shape index (κ2) is 6.68. The van der Waals surface area contributed by atoms with Gasteiger partial charge in [-0.3, -0.25) is 0 Å². The Labute approximate surface area is 118 Å². The highest BCUT2D eigenvalue weighted by Crippen LogP contribution is 2.22. The Bertz CT molecular complexity index is 609. The summed E-state index contributed by atoms with van der Waals surface area (Å²) < 4.78 is 41.1. The molecule has 0 saturated carbocycles. The Balaban J connectivity index is 2.84. The lowest BCUT2D eigenvalue weighted by atomic mass is 9.99. The van der Waals surface area contributed by atoms with Crippen molar-refractivity contribution in [3.63, 3.8) is 0 Å². The number of nitrogens with two attached hydrogens (primary N) is 1. The minimum Gasteiger partial charge on any atom is -0.492 e. The van der Waals surface area contributed by atoms with Crippen molar-refractivity contribution in [3.8, 4) is 11.8 Å². The van der Waals surface area contributed by atoms with Gasteiger partial charge in [-0.25, -0.2) is 17.9 Å². The van der Waals surface area contributed by atoms with Crippen molar-refractivity contribution < 1.29 is 17.5 Å². The molecule has 1 aromatic rings. The SMILES string of the molecule is CC(C)C(COc1cccc(F)c1C#N)CS(N)(=O)=O. The predicted molar refractivity (Wildman–Crippen MR) is 72.9 cm³/mol. The Morgan fingerprint density at radius 3 is 2.60 bits per heavy atom. The van der Waals surface area contributed by atoms with Gasteiger partial charge in [0.25, 0.3) is 0 Å². The van der Waals surface area contributed by atoms with Crippen molar-refractivity contribution in [1.29, 1.82) is 5.26 Å². The second-order valence-electron chi connectivity index (χ2n) is 4.87. The highest BCUT2D eigenvalue weighted by Gasteiger charge is 2.21. The number of primary sulfonamides is 1. The van der Waals surface area contributed by atoms with Gasteiger partial charge in [-0.05, 0) is 18.1 Å². The number of hydrogen-bond acceptors (Lipinski definition) is 4. The van der Waals surface area contributed by atoms with Crippen LogP contribution in [0.3, 0.4) is 0 Å². The van der Waals surface area contributed by atoms with Crippen LogP contribution in [0.4, 0.5) is 4.39 Å². The van der Waals surface area contributed by atoms with E-state index in [-0.39, 0.29) is 35.5 Å². The first-order valence-corrected chi connectivity index (χ1v) is 7.78. The molecule has 0 spiro atoms. The highest BCUT2D eigenvalue weighted by atomic mass is 32.2. The molecule has 110 valence electrons. The summed E-state index contributed by atoms with van der Waals surface area (Å²) in [7, 11) is -3.62. The van der Waals surface area contributed by atoms with E-state index < -0.39 is 15.8 Å². The molecule has 0 aromatic heterocycles. The zero-order valence-electron chi connectivity index (χ0n) is 11.3. The lowest BCUT2D eigenvalue weighted by Gasteiger charge is -2.20. The fraction of sp³-hybridized carbons (Fsp3) is 0.462. The molecule has 1 aromatic carbocycles. The van der Waals surface area contributed by atoms with E-state index in [1.807, 2.05) is 13.8 Å². The molecule has 0 heterocycles. The van der Waals surface area contributed by atoms with Crippen LogP contribution in [-0.2, 0) is 10.0 Å². The molecule has 0 bridgehead atoms. The van der Waals surface area contributed by atoms with Crippen LogP contribution in [-0.4, -0.2) is 20.8 Å². The van der Waals surface area contributed by atoms with Gasteiger partial charge >= 0.3 is 0 Å². The van der Waals surface area contributed by atoms with Crippen molar-refractivity contribution in [1.82, 2.24) is 0 Å². The van der Waals surface area contributed by atoms with Crippen LogP contribution < -0.4 is 9.88 Å². The van der Waals surface area contributed by atoms with E-state index in [2.05, 4.69) is 0 Å². The topological polar surface area (TPSA) is 93.2 Å². The van der Waals surface area contributed by atoms with Crippen molar-refractivity contribution in [2.45, 2.75) is 13.8 Å². The summed E-state index contributed by atoms with van der Waals surface area (Å²) in [5.41, 5.74) is -0.189. The van der Waals surface area contributed by atoms with Crippen molar-refractivity contribution in [3.05, 3.63) is 29.6 Å². The number of hydrogen-bond donors (Lipinski definition) is 1. The van der Waals surface area contributed by atoms with E-state index in [4.69, 9.17) is 15.1 Å². The summed E-state index contributed by atoms with van der Waals surface area (Å²) in [4.78, 5) is 0. The molecular weight excluding hydrogens is 283 g/mol. The van der Waals surface area contributed by atoms with Crippen LogP contribution in [0.15, 0.2) is 18.2 Å². The molecule has 0 saturated heterocycles. The monoisotopic (exact) mass is 300 g/mol.